The van der Waals surface area contributed by atoms with Crippen LogP contribution in [0.25, 0.3) is 23.1 Å². The van der Waals surface area contributed by atoms with Crippen molar-refractivity contribution >= 4 is 45.0 Å². The summed E-state index contributed by atoms with van der Waals surface area (Å²) in [6, 6.07) is 23.6. The SMILES string of the molecule is CCOC(=O)C1=C(c2ccccc2)N=c2s/c(=C\c3ccc(-c4ccc(C)cc4Br)o3)c(=O)n2C1c1ccc(OC)c(OC)c1. The van der Waals surface area contributed by atoms with Crippen molar-refractivity contribution in [3.8, 4) is 22.8 Å². The van der Waals surface area contributed by atoms with Crippen molar-refractivity contribution in [2.24, 2.45) is 4.99 Å². The molecule has 3 aromatic carbocycles. The topological polar surface area (TPSA) is 92.3 Å². The van der Waals surface area contributed by atoms with Crippen molar-refractivity contribution in [2.45, 2.75) is 19.9 Å². The molecular formula is C35H29BrN2O6S. The summed E-state index contributed by atoms with van der Waals surface area (Å²) in [5, 5.41) is 0. The summed E-state index contributed by atoms with van der Waals surface area (Å²) < 4.78 is 25.6. The van der Waals surface area contributed by atoms with Gasteiger partial charge in [0.2, 0.25) is 0 Å². The van der Waals surface area contributed by atoms with Gasteiger partial charge in [-0.2, -0.15) is 0 Å². The highest BCUT2D eigenvalue weighted by atomic mass is 79.9. The standard InChI is InChI=1S/C35H29BrN2O6S/c1-5-43-34(40)30-31(21-9-7-6-8-10-21)37-35-38(32(30)22-12-15-27(41-3)28(18-22)42-4)33(39)29(45-35)19-23-13-16-26(44-23)24-14-11-20(2)17-25(24)36/h6-19,32H,5H2,1-4H3/b29-19-. The normalized spacial score (nSPS) is 14.6. The van der Waals surface area contributed by atoms with Crippen LogP contribution >= 0.6 is 27.3 Å². The van der Waals surface area contributed by atoms with E-state index >= 15 is 0 Å². The molecule has 1 unspecified atom stereocenters. The Labute approximate surface area is 271 Å². The van der Waals surface area contributed by atoms with E-state index in [1.807, 2.05) is 73.7 Å². The Morgan fingerprint density at radius 1 is 1.02 bits per heavy atom. The number of aromatic nitrogens is 1. The maximum Gasteiger partial charge on any atom is 0.338 e. The number of esters is 1. The predicted molar refractivity (Wildman–Crippen MR) is 177 cm³/mol. The lowest BCUT2D eigenvalue weighted by molar-refractivity contribution is -0.138. The molecule has 0 fully saturated rings. The number of thiazole rings is 1. The number of furan rings is 1. The van der Waals surface area contributed by atoms with E-state index in [-0.39, 0.29) is 17.7 Å². The highest BCUT2D eigenvalue weighted by Crippen LogP contribution is 2.38. The Morgan fingerprint density at radius 3 is 2.51 bits per heavy atom. The Kier molecular flexibility index (Phi) is 8.60. The molecule has 228 valence electrons. The summed E-state index contributed by atoms with van der Waals surface area (Å²) >= 11 is 4.84. The maximum atomic E-state index is 14.2. The van der Waals surface area contributed by atoms with Crippen LogP contribution in [-0.4, -0.2) is 31.4 Å². The first-order valence-electron chi connectivity index (χ1n) is 14.2. The van der Waals surface area contributed by atoms with Crippen LogP contribution in [0.4, 0.5) is 0 Å². The summed E-state index contributed by atoms with van der Waals surface area (Å²) in [6.45, 7) is 3.92. The van der Waals surface area contributed by atoms with E-state index in [0.29, 0.717) is 43.6 Å². The molecule has 2 aromatic heterocycles. The number of methoxy groups -OCH3 is 2. The molecule has 0 amide bonds. The van der Waals surface area contributed by atoms with Crippen molar-refractivity contribution in [2.75, 3.05) is 20.8 Å². The number of rotatable bonds is 8. The fourth-order valence-corrected chi connectivity index (χ4v) is 6.97. The van der Waals surface area contributed by atoms with Crippen LogP contribution in [0.1, 0.15) is 35.4 Å². The van der Waals surface area contributed by atoms with Crippen molar-refractivity contribution in [3.63, 3.8) is 0 Å². The fraction of sp³-hybridized carbons (Fsp3) is 0.171. The first kappa shape index (κ1) is 30.4. The van der Waals surface area contributed by atoms with Crippen molar-refractivity contribution in [1.29, 1.82) is 0 Å². The van der Waals surface area contributed by atoms with Gasteiger partial charge < -0.3 is 18.6 Å². The van der Waals surface area contributed by atoms with Gasteiger partial charge in [-0.05, 0) is 61.4 Å². The number of hydrogen-bond acceptors (Lipinski definition) is 8. The molecule has 5 aromatic rings. The van der Waals surface area contributed by atoms with Gasteiger partial charge in [-0.25, -0.2) is 9.79 Å². The molecule has 0 saturated carbocycles. The molecule has 0 aliphatic carbocycles. The molecule has 1 atom stereocenters. The van der Waals surface area contributed by atoms with E-state index in [1.54, 1.807) is 32.2 Å². The Balaban J connectivity index is 1.58. The quantitative estimate of drug-likeness (QED) is 0.179. The number of nitrogens with zero attached hydrogens (tertiary/aromatic N) is 2. The molecule has 1 aliphatic rings. The van der Waals surface area contributed by atoms with Crippen LogP contribution in [0.3, 0.4) is 0 Å². The molecular weight excluding hydrogens is 656 g/mol. The Morgan fingerprint density at radius 2 is 1.80 bits per heavy atom. The van der Waals surface area contributed by atoms with E-state index in [1.165, 1.54) is 23.0 Å². The lowest BCUT2D eigenvalue weighted by Crippen LogP contribution is -2.40. The highest BCUT2D eigenvalue weighted by molar-refractivity contribution is 9.10. The van der Waals surface area contributed by atoms with Crippen LogP contribution in [0.15, 0.2) is 103 Å². The monoisotopic (exact) mass is 684 g/mol. The highest BCUT2D eigenvalue weighted by Gasteiger charge is 2.35. The minimum atomic E-state index is -0.854. The minimum Gasteiger partial charge on any atom is -0.493 e. The third kappa shape index (κ3) is 5.79. The molecule has 45 heavy (non-hydrogen) atoms. The van der Waals surface area contributed by atoms with E-state index in [4.69, 9.17) is 23.6 Å². The van der Waals surface area contributed by atoms with Crippen LogP contribution in [-0.2, 0) is 9.53 Å². The van der Waals surface area contributed by atoms with Gasteiger partial charge in [0.15, 0.2) is 16.3 Å². The zero-order chi connectivity index (χ0) is 31.7. The van der Waals surface area contributed by atoms with Crippen molar-refractivity contribution in [3.05, 3.63) is 131 Å². The molecule has 1 aliphatic heterocycles. The molecule has 0 spiro atoms. The number of carbonyl (C=O) groups is 1. The third-order valence-corrected chi connectivity index (χ3v) is 9.03. The Bertz CT molecular complexity index is 2130. The minimum absolute atomic E-state index is 0.158. The van der Waals surface area contributed by atoms with E-state index in [0.717, 1.165) is 21.2 Å². The first-order chi connectivity index (χ1) is 21.8. The zero-order valence-electron chi connectivity index (χ0n) is 25.0. The number of benzene rings is 3. The molecule has 0 bridgehead atoms. The van der Waals surface area contributed by atoms with Crippen molar-refractivity contribution in [1.82, 2.24) is 4.57 Å². The van der Waals surface area contributed by atoms with Crippen molar-refractivity contribution < 1.29 is 23.4 Å². The summed E-state index contributed by atoms with van der Waals surface area (Å²) in [4.78, 5) is 33.3. The third-order valence-electron chi connectivity index (χ3n) is 7.39. The van der Waals surface area contributed by atoms with Crippen LogP contribution in [0.5, 0.6) is 11.5 Å². The van der Waals surface area contributed by atoms with Crippen LogP contribution < -0.4 is 24.4 Å². The zero-order valence-corrected chi connectivity index (χ0v) is 27.4. The van der Waals surface area contributed by atoms with Gasteiger partial charge in [0.05, 0.1) is 42.7 Å². The second-order valence-electron chi connectivity index (χ2n) is 10.2. The fourth-order valence-electron chi connectivity index (χ4n) is 5.30. The van der Waals surface area contributed by atoms with Gasteiger partial charge in [0.1, 0.15) is 11.5 Å². The van der Waals surface area contributed by atoms with Gasteiger partial charge in [-0.1, -0.05) is 69.7 Å². The lowest BCUT2D eigenvalue weighted by atomic mass is 9.93. The molecule has 3 heterocycles. The number of carbonyl (C=O) groups excluding carboxylic acids is 1. The smallest absolute Gasteiger partial charge is 0.338 e. The summed E-state index contributed by atoms with van der Waals surface area (Å²) in [6.07, 6.45) is 1.71. The number of hydrogen-bond donors (Lipinski definition) is 0. The number of fused-ring (bicyclic) bond motifs is 1. The number of aryl methyl sites for hydroxylation is 1. The Hall–Kier alpha value is -4.67. The molecule has 6 rings (SSSR count). The number of ether oxygens (including phenoxy) is 3. The van der Waals surface area contributed by atoms with Gasteiger partial charge in [-0.3, -0.25) is 9.36 Å². The van der Waals surface area contributed by atoms with E-state index in [2.05, 4.69) is 15.9 Å². The van der Waals surface area contributed by atoms with Crippen LogP contribution in [0.2, 0.25) is 0 Å². The average Bonchev–Trinajstić information content (AvgIpc) is 3.64. The maximum absolute atomic E-state index is 14.2. The summed E-state index contributed by atoms with van der Waals surface area (Å²) in [5.41, 5.74) is 3.76. The van der Waals surface area contributed by atoms with E-state index < -0.39 is 12.0 Å². The van der Waals surface area contributed by atoms with Gasteiger partial charge in [0.25, 0.3) is 5.56 Å². The number of halogens is 1. The summed E-state index contributed by atoms with van der Waals surface area (Å²) in [7, 11) is 3.09. The predicted octanol–water partition coefficient (Wildman–Crippen LogP) is 6.28. The second kappa shape index (κ2) is 12.7. The average molecular weight is 686 g/mol. The second-order valence-corrected chi connectivity index (χ2v) is 12.1. The molecule has 0 radical (unpaired) electrons. The molecule has 0 N–H and O–H groups in total. The largest absolute Gasteiger partial charge is 0.493 e. The summed E-state index contributed by atoms with van der Waals surface area (Å²) in [5.74, 6) is 1.60. The first-order valence-corrected chi connectivity index (χ1v) is 15.8. The van der Waals surface area contributed by atoms with Gasteiger partial charge in [0, 0.05) is 21.7 Å². The van der Waals surface area contributed by atoms with Crippen LogP contribution in [0, 0.1) is 6.92 Å². The molecule has 0 saturated heterocycles. The van der Waals surface area contributed by atoms with Gasteiger partial charge in [-0.15, -0.1) is 0 Å². The molecule has 10 heteroatoms. The van der Waals surface area contributed by atoms with Gasteiger partial charge >= 0.3 is 5.97 Å². The lowest BCUT2D eigenvalue weighted by Gasteiger charge is -2.26. The van der Waals surface area contributed by atoms with E-state index in [9.17, 15) is 9.59 Å². The molecule has 8 nitrogen and oxygen atoms in total.